The third-order valence-corrected chi connectivity index (χ3v) is 8.24. The number of anilines is 3. The van der Waals surface area contributed by atoms with Gasteiger partial charge in [-0.25, -0.2) is 22.9 Å². The summed E-state index contributed by atoms with van der Waals surface area (Å²) in [5.41, 5.74) is 5.66. The molecule has 0 aliphatic carbocycles. The minimum absolute atomic E-state index is 0.417. The molecule has 202 valence electrons. The maximum atomic E-state index is 12.2. The molecule has 0 saturated carbocycles. The Balaban J connectivity index is 1.25. The molecule has 1 saturated heterocycles. The van der Waals surface area contributed by atoms with Crippen molar-refractivity contribution >= 4 is 43.9 Å². The fraction of sp³-hybridized carbons (Fsp3) is 0.296. The van der Waals surface area contributed by atoms with Crippen molar-refractivity contribution in [1.82, 2.24) is 29.0 Å². The van der Waals surface area contributed by atoms with Crippen molar-refractivity contribution < 1.29 is 13.2 Å². The first-order valence-electron chi connectivity index (χ1n) is 12.8. The van der Waals surface area contributed by atoms with Gasteiger partial charge in [0.25, 0.3) is 0 Å². The van der Waals surface area contributed by atoms with Gasteiger partial charge in [-0.3, -0.25) is 9.21 Å². The average Bonchev–Trinajstić information content (AvgIpc) is 3.55. The molecule has 5 aromatic rings. The van der Waals surface area contributed by atoms with Crippen LogP contribution in [0, 0.1) is 0 Å². The summed E-state index contributed by atoms with van der Waals surface area (Å²) in [6.07, 6.45) is 4.81. The first-order chi connectivity index (χ1) is 18.9. The minimum atomic E-state index is -3.43. The van der Waals surface area contributed by atoms with Crippen molar-refractivity contribution in [2.45, 2.75) is 6.54 Å². The van der Waals surface area contributed by atoms with E-state index in [1.54, 1.807) is 23.8 Å². The van der Waals surface area contributed by atoms with Crippen LogP contribution in [0.3, 0.4) is 0 Å². The van der Waals surface area contributed by atoms with E-state index in [4.69, 9.17) is 9.84 Å². The monoisotopic (exact) mass is 546 g/mol. The van der Waals surface area contributed by atoms with Crippen molar-refractivity contribution in [2.24, 2.45) is 0 Å². The van der Waals surface area contributed by atoms with Crippen LogP contribution >= 0.6 is 0 Å². The second-order valence-corrected chi connectivity index (χ2v) is 11.6. The molecule has 0 radical (unpaired) electrons. The predicted octanol–water partition coefficient (Wildman–Crippen LogP) is 3.22. The van der Waals surface area contributed by atoms with Gasteiger partial charge in [-0.1, -0.05) is 18.2 Å². The third kappa shape index (κ3) is 5.18. The molecule has 2 aromatic carbocycles. The second kappa shape index (κ2) is 10.3. The number of imidazole rings is 1. The van der Waals surface area contributed by atoms with E-state index in [-0.39, 0.29) is 0 Å². The quantitative estimate of drug-likeness (QED) is 0.316. The number of ether oxygens (including phenoxy) is 1. The molecule has 1 fully saturated rings. The lowest BCUT2D eigenvalue weighted by atomic mass is 10.1. The number of nitrogens with one attached hydrogen (secondary N) is 1. The summed E-state index contributed by atoms with van der Waals surface area (Å²) in [5.74, 6) is 0.417. The van der Waals surface area contributed by atoms with Gasteiger partial charge in [-0.05, 0) is 36.4 Å². The Morgan fingerprint density at radius 1 is 1.03 bits per heavy atom. The highest BCUT2D eigenvalue weighted by molar-refractivity contribution is 7.92. The lowest BCUT2D eigenvalue weighted by Crippen LogP contribution is -2.38. The SMILES string of the molecule is CN(c1ccccc1-c1ccc2cnc(Nc3ccc4c(c3)ncn4CCN3CCOCC3)nn12)S(C)(=O)=O. The molecule has 6 rings (SSSR count). The molecule has 0 amide bonds. The summed E-state index contributed by atoms with van der Waals surface area (Å²) < 4.78 is 35.2. The Bertz CT molecular complexity index is 1740. The second-order valence-electron chi connectivity index (χ2n) is 9.61. The van der Waals surface area contributed by atoms with E-state index in [1.165, 1.54) is 10.6 Å². The molecular formula is C27H30N8O3S. The maximum absolute atomic E-state index is 12.2. The zero-order valence-electron chi connectivity index (χ0n) is 21.9. The van der Waals surface area contributed by atoms with Crippen LogP contribution < -0.4 is 9.62 Å². The van der Waals surface area contributed by atoms with E-state index in [0.717, 1.165) is 72.9 Å². The summed E-state index contributed by atoms with van der Waals surface area (Å²) in [7, 11) is -1.89. The highest BCUT2D eigenvalue weighted by Gasteiger charge is 2.19. The molecule has 0 atom stereocenters. The number of aromatic nitrogens is 5. The molecule has 3 aromatic heterocycles. The van der Waals surface area contributed by atoms with Crippen LogP contribution in [0.25, 0.3) is 27.8 Å². The fourth-order valence-corrected chi connectivity index (χ4v) is 5.35. The van der Waals surface area contributed by atoms with Crippen LogP contribution in [-0.2, 0) is 21.3 Å². The zero-order valence-corrected chi connectivity index (χ0v) is 22.7. The van der Waals surface area contributed by atoms with E-state index >= 15 is 0 Å². The minimum Gasteiger partial charge on any atom is -0.379 e. The first kappa shape index (κ1) is 25.3. The Morgan fingerprint density at radius 3 is 2.67 bits per heavy atom. The normalized spacial score (nSPS) is 14.7. The van der Waals surface area contributed by atoms with Gasteiger partial charge in [-0.2, -0.15) is 0 Å². The average molecular weight is 547 g/mol. The van der Waals surface area contributed by atoms with Gasteiger partial charge >= 0.3 is 0 Å². The number of fused-ring (bicyclic) bond motifs is 2. The molecular weight excluding hydrogens is 516 g/mol. The number of morpholine rings is 1. The van der Waals surface area contributed by atoms with E-state index in [9.17, 15) is 8.42 Å². The van der Waals surface area contributed by atoms with Crippen molar-refractivity contribution in [3.63, 3.8) is 0 Å². The van der Waals surface area contributed by atoms with Crippen LogP contribution in [0.2, 0.25) is 0 Å². The van der Waals surface area contributed by atoms with Gasteiger partial charge in [0.2, 0.25) is 16.0 Å². The molecule has 39 heavy (non-hydrogen) atoms. The number of para-hydroxylation sites is 1. The van der Waals surface area contributed by atoms with Gasteiger partial charge < -0.3 is 14.6 Å². The van der Waals surface area contributed by atoms with Crippen molar-refractivity contribution in [3.05, 3.63) is 67.1 Å². The summed E-state index contributed by atoms with van der Waals surface area (Å²) in [5, 5.41) is 8.01. The zero-order chi connectivity index (χ0) is 27.0. The Morgan fingerprint density at radius 2 is 1.85 bits per heavy atom. The van der Waals surface area contributed by atoms with Gasteiger partial charge in [0.1, 0.15) is 0 Å². The highest BCUT2D eigenvalue weighted by atomic mass is 32.2. The van der Waals surface area contributed by atoms with Crippen LogP contribution in [0.5, 0.6) is 0 Å². The van der Waals surface area contributed by atoms with Gasteiger partial charge in [0, 0.05) is 44.5 Å². The molecule has 1 aliphatic heterocycles. The molecule has 0 unspecified atom stereocenters. The largest absolute Gasteiger partial charge is 0.379 e. The smallest absolute Gasteiger partial charge is 0.245 e. The Hall–Kier alpha value is -4.00. The molecule has 11 nitrogen and oxygen atoms in total. The Labute approximate surface area is 226 Å². The molecule has 0 bridgehead atoms. The Kier molecular flexibility index (Phi) is 6.67. The van der Waals surface area contributed by atoms with E-state index in [1.807, 2.05) is 48.8 Å². The lowest BCUT2D eigenvalue weighted by Gasteiger charge is -2.26. The molecule has 0 spiro atoms. The number of nitrogens with zero attached hydrogens (tertiary/aromatic N) is 7. The molecule has 4 heterocycles. The van der Waals surface area contributed by atoms with E-state index in [0.29, 0.717) is 11.6 Å². The summed E-state index contributed by atoms with van der Waals surface area (Å²) in [6.45, 7) is 5.35. The topological polar surface area (TPSA) is 110 Å². The van der Waals surface area contributed by atoms with Crippen molar-refractivity contribution in [1.29, 1.82) is 0 Å². The number of hydrogen-bond donors (Lipinski definition) is 1. The van der Waals surface area contributed by atoms with Crippen LogP contribution in [0.1, 0.15) is 0 Å². The van der Waals surface area contributed by atoms with Crippen molar-refractivity contribution in [2.75, 3.05) is 55.8 Å². The highest BCUT2D eigenvalue weighted by Crippen LogP contribution is 2.32. The number of benzene rings is 2. The lowest BCUT2D eigenvalue weighted by molar-refractivity contribution is 0.0365. The summed E-state index contributed by atoms with van der Waals surface area (Å²) in [4.78, 5) is 11.5. The standard InChI is InChI=1S/C27H30N8O3S/c1-32(39(2,36)37)24-6-4-3-5-22(24)25-10-8-21-18-28-27(31-35(21)25)30-20-7-9-26-23(17-20)29-19-34(26)12-11-33-13-15-38-16-14-33/h3-10,17-19H,11-16H2,1-2H3,(H,30,31). The van der Waals surface area contributed by atoms with Gasteiger partial charge in [0.05, 0.1) is 59.9 Å². The van der Waals surface area contributed by atoms with Gasteiger partial charge in [-0.15, -0.1) is 5.10 Å². The van der Waals surface area contributed by atoms with Crippen LogP contribution in [0.15, 0.2) is 67.1 Å². The van der Waals surface area contributed by atoms with Gasteiger partial charge in [0.15, 0.2) is 0 Å². The van der Waals surface area contributed by atoms with Crippen LogP contribution in [0.4, 0.5) is 17.3 Å². The number of hydrogen-bond acceptors (Lipinski definition) is 8. The first-order valence-corrected chi connectivity index (χ1v) is 14.6. The maximum Gasteiger partial charge on any atom is 0.245 e. The number of sulfonamides is 1. The predicted molar refractivity (Wildman–Crippen MR) is 152 cm³/mol. The van der Waals surface area contributed by atoms with E-state index in [2.05, 4.69) is 30.8 Å². The number of rotatable bonds is 8. The molecule has 1 N–H and O–H groups in total. The molecule has 12 heteroatoms. The van der Waals surface area contributed by atoms with E-state index < -0.39 is 10.0 Å². The summed E-state index contributed by atoms with van der Waals surface area (Å²) in [6, 6.07) is 17.2. The fourth-order valence-electron chi connectivity index (χ4n) is 4.83. The molecule has 1 aliphatic rings. The summed E-state index contributed by atoms with van der Waals surface area (Å²) >= 11 is 0. The van der Waals surface area contributed by atoms with Crippen molar-refractivity contribution in [3.8, 4) is 11.3 Å². The van der Waals surface area contributed by atoms with Crippen LogP contribution in [-0.4, -0.2) is 83.6 Å². The third-order valence-electron chi connectivity index (χ3n) is 7.05.